The van der Waals surface area contributed by atoms with Crippen molar-refractivity contribution in [3.8, 4) is 5.75 Å². The number of aryl methyl sites for hydroxylation is 1. The molecule has 0 bridgehead atoms. The molecule has 0 aliphatic carbocycles. The second kappa shape index (κ2) is 11.1. The molecule has 0 radical (unpaired) electrons. The standard InChI is InChI=1S/C25H36N2O3S/c1-5-20(28)15-26(14-18(2)3)16-25(29)27-11-9-24-22(10-12-31-24)23(27)17-30-21-8-6-7-19(4)13-21/h6-8,10,12-13,18,20,23,28H,5,9,11,14-17H2,1-4H3. The predicted octanol–water partition coefficient (Wildman–Crippen LogP) is 4.29. The van der Waals surface area contributed by atoms with Crippen LogP contribution in [-0.2, 0) is 11.2 Å². The van der Waals surface area contributed by atoms with Crippen molar-refractivity contribution >= 4 is 17.2 Å². The van der Waals surface area contributed by atoms with E-state index in [0.29, 0.717) is 38.6 Å². The molecule has 170 valence electrons. The SMILES string of the molecule is CCC(O)CN(CC(=O)N1CCc2sccc2C1COc1cccc(C)c1)CC(C)C. The summed E-state index contributed by atoms with van der Waals surface area (Å²) in [6.07, 6.45) is 1.18. The number of nitrogens with zero attached hydrogens (tertiary/aromatic N) is 2. The quantitative estimate of drug-likeness (QED) is 0.594. The van der Waals surface area contributed by atoms with Crippen LogP contribution < -0.4 is 4.74 Å². The lowest BCUT2D eigenvalue weighted by Gasteiger charge is -2.37. The number of aliphatic hydroxyl groups is 1. The van der Waals surface area contributed by atoms with Crippen LogP contribution in [0.2, 0.25) is 0 Å². The largest absolute Gasteiger partial charge is 0.491 e. The first-order valence-electron chi connectivity index (χ1n) is 11.3. The van der Waals surface area contributed by atoms with Crippen LogP contribution in [0.15, 0.2) is 35.7 Å². The van der Waals surface area contributed by atoms with Crippen LogP contribution in [0, 0.1) is 12.8 Å². The second-order valence-corrected chi connectivity index (χ2v) is 9.93. The van der Waals surface area contributed by atoms with Gasteiger partial charge in [-0.2, -0.15) is 0 Å². The van der Waals surface area contributed by atoms with Gasteiger partial charge >= 0.3 is 0 Å². The lowest BCUT2D eigenvalue weighted by atomic mass is 10.00. The molecule has 1 aliphatic heterocycles. The minimum Gasteiger partial charge on any atom is -0.491 e. The minimum atomic E-state index is -0.406. The molecule has 0 fully saturated rings. The van der Waals surface area contributed by atoms with Gasteiger partial charge in [0, 0.05) is 24.5 Å². The predicted molar refractivity (Wildman–Crippen MR) is 127 cm³/mol. The van der Waals surface area contributed by atoms with Gasteiger partial charge in [-0.1, -0.05) is 32.9 Å². The number of ether oxygens (including phenoxy) is 1. The number of thiophene rings is 1. The molecule has 5 nitrogen and oxygen atoms in total. The molecule has 0 saturated heterocycles. The first-order valence-corrected chi connectivity index (χ1v) is 12.2. The zero-order valence-corrected chi connectivity index (χ0v) is 20.0. The molecule has 2 atom stereocenters. The average Bonchev–Trinajstić information content (AvgIpc) is 3.20. The van der Waals surface area contributed by atoms with E-state index in [1.807, 2.05) is 43.0 Å². The number of carbonyl (C=O) groups is 1. The molecule has 1 amide bonds. The fourth-order valence-corrected chi connectivity index (χ4v) is 5.11. The van der Waals surface area contributed by atoms with Gasteiger partial charge in [-0.15, -0.1) is 11.3 Å². The molecular weight excluding hydrogens is 408 g/mol. The van der Waals surface area contributed by atoms with E-state index in [-0.39, 0.29) is 11.9 Å². The number of amides is 1. The molecular formula is C25H36N2O3S. The topological polar surface area (TPSA) is 53.0 Å². The third kappa shape index (κ3) is 6.55. The first kappa shape index (κ1) is 23.8. The number of carbonyl (C=O) groups excluding carboxylic acids is 1. The van der Waals surface area contributed by atoms with Crippen LogP contribution in [0.3, 0.4) is 0 Å². The number of rotatable bonds is 10. The second-order valence-electron chi connectivity index (χ2n) is 8.93. The van der Waals surface area contributed by atoms with E-state index in [0.717, 1.165) is 24.3 Å². The van der Waals surface area contributed by atoms with Gasteiger partial charge in [-0.3, -0.25) is 9.69 Å². The minimum absolute atomic E-state index is 0.0833. The van der Waals surface area contributed by atoms with E-state index < -0.39 is 6.10 Å². The van der Waals surface area contributed by atoms with E-state index >= 15 is 0 Å². The molecule has 2 unspecified atom stereocenters. The van der Waals surface area contributed by atoms with Gasteiger partial charge in [-0.25, -0.2) is 0 Å². The Morgan fingerprint density at radius 3 is 2.84 bits per heavy atom. The van der Waals surface area contributed by atoms with Gasteiger partial charge < -0.3 is 14.7 Å². The molecule has 31 heavy (non-hydrogen) atoms. The van der Waals surface area contributed by atoms with Crippen LogP contribution in [0.5, 0.6) is 5.75 Å². The lowest BCUT2D eigenvalue weighted by Crippen LogP contribution is -2.48. The number of aliphatic hydroxyl groups excluding tert-OH is 1. The molecule has 1 aromatic heterocycles. The van der Waals surface area contributed by atoms with Gasteiger partial charge in [0.05, 0.1) is 18.7 Å². The Labute approximate surface area is 190 Å². The molecule has 6 heteroatoms. The van der Waals surface area contributed by atoms with Crippen molar-refractivity contribution in [2.45, 2.75) is 52.7 Å². The smallest absolute Gasteiger partial charge is 0.237 e. The van der Waals surface area contributed by atoms with Gasteiger partial charge in [-0.05, 0) is 60.4 Å². The van der Waals surface area contributed by atoms with Crippen LogP contribution in [0.4, 0.5) is 0 Å². The summed E-state index contributed by atoms with van der Waals surface area (Å²) in [7, 11) is 0. The van der Waals surface area contributed by atoms with Crippen molar-refractivity contribution in [3.05, 3.63) is 51.7 Å². The summed E-state index contributed by atoms with van der Waals surface area (Å²) in [4.78, 5) is 18.8. The van der Waals surface area contributed by atoms with E-state index in [1.54, 1.807) is 11.3 Å². The van der Waals surface area contributed by atoms with Gasteiger partial charge in [0.2, 0.25) is 5.91 Å². The van der Waals surface area contributed by atoms with Crippen molar-refractivity contribution in [2.75, 3.05) is 32.8 Å². The normalized spacial score (nSPS) is 17.1. The van der Waals surface area contributed by atoms with Crippen molar-refractivity contribution in [1.82, 2.24) is 9.80 Å². The maximum Gasteiger partial charge on any atom is 0.237 e. The number of hydrogen-bond acceptors (Lipinski definition) is 5. The number of fused-ring (bicyclic) bond motifs is 1. The number of hydrogen-bond donors (Lipinski definition) is 1. The van der Waals surface area contributed by atoms with Crippen LogP contribution in [-0.4, -0.2) is 59.7 Å². The maximum absolute atomic E-state index is 13.4. The molecule has 0 saturated carbocycles. The number of benzene rings is 1. The highest BCUT2D eigenvalue weighted by Gasteiger charge is 2.33. The van der Waals surface area contributed by atoms with E-state index in [2.05, 4.69) is 30.2 Å². The molecule has 1 aliphatic rings. The molecule has 1 N–H and O–H groups in total. The Kier molecular flexibility index (Phi) is 8.52. The molecule has 3 rings (SSSR count). The summed E-state index contributed by atoms with van der Waals surface area (Å²) < 4.78 is 6.14. The third-order valence-electron chi connectivity index (χ3n) is 5.74. The van der Waals surface area contributed by atoms with Crippen molar-refractivity contribution in [1.29, 1.82) is 0 Å². The maximum atomic E-state index is 13.4. The summed E-state index contributed by atoms with van der Waals surface area (Å²) in [5.74, 6) is 1.38. The van der Waals surface area contributed by atoms with E-state index in [9.17, 15) is 9.90 Å². The zero-order valence-electron chi connectivity index (χ0n) is 19.2. The summed E-state index contributed by atoms with van der Waals surface area (Å²) >= 11 is 1.76. The van der Waals surface area contributed by atoms with Gasteiger partial charge in [0.15, 0.2) is 0 Å². The Hall–Kier alpha value is -1.89. The highest BCUT2D eigenvalue weighted by atomic mass is 32.1. The molecule has 1 aromatic carbocycles. The van der Waals surface area contributed by atoms with E-state index in [1.165, 1.54) is 10.4 Å². The highest BCUT2D eigenvalue weighted by molar-refractivity contribution is 7.10. The van der Waals surface area contributed by atoms with Crippen molar-refractivity contribution in [3.63, 3.8) is 0 Å². The Bertz CT molecular complexity index is 851. The van der Waals surface area contributed by atoms with Crippen LogP contribution in [0.1, 0.15) is 49.2 Å². The van der Waals surface area contributed by atoms with Crippen molar-refractivity contribution in [2.24, 2.45) is 5.92 Å². The summed E-state index contributed by atoms with van der Waals surface area (Å²) in [5.41, 5.74) is 2.37. The summed E-state index contributed by atoms with van der Waals surface area (Å²) in [6.45, 7) is 11.1. The van der Waals surface area contributed by atoms with Crippen molar-refractivity contribution < 1.29 is 14.6 Å². The Morgan fingerprint density at radius 2 is 2.13 bits per heavy atom. The third-order valence-corrected chi connectivity index (χ3v) is 6.73. The monoisotopic (exact) mass is 444 g/mol. The molecule has 2 heterocycles. The average molecular weight is 445 g/mol. The lowest BCUT2D eigenvalue weighted by molar-refractivity contribution is -0.136. The summed E-state index contributed by atoms with van der Waals surface area (Å²) in [6, 6.07) is 10.1. The van der Waals surface area contributed by atoms with Gasteiger partial charge in [0.1, 0.15) is 12.4 Å². The van der Waals surface area contributed by atoms with Crippen LogP contribution >= 0.6 is 11.3 Å². The fourth-order valence-electron chi connectivity index (χ4n) is 4.18. The highest BCUT2D eigenvalue weighted by Crippen LogP contribution is 2.34. The summed E-state index contributed by atoms with van der Waals surface area (Å²) in [5, 5.41) is 12.3. The Balaban J connectivity index is 1.74. The first-order chi connectivity index (χ1) is 14.9. The van der Waals surface area contributed by atoms with Crippen LogP contribution in [0.25, 0.3) is 0 Å². The molecule has 0 spiro atoms. The molecule has 2 aromatic rings. The fraction of sp³-hybridized carbons (Fsp3) is 0.560. The van der Waals surface area contributed by atoms with Gasteiger partial charge in [0.25, 0.3) is 0 Å². The van der Waals surface area contributed by atoms with E-state index in [4.69, 9.17) is 4.74 Å². The Morgan fingerprint density at radius 1 is 1.32 bits per heavy atom. The zero-order chi connectivity index (χ0) is 22.4.